The number of methoxy groups -OCH3 is 1. The summed E-state index contributed by atoms with van der Waals surface area (Å²) in [5.74, 6) is -4.49. The van der Waals surface area contributed by atoms with Crippen LogP contribution in [-0.4, -0.2) is 79.1 Å². The highest BCUT2D eigenvalue weighted by atomic mass is 32.2. The highest BCUT2D eigenvalue weighted by molar-refractivity contribution is 7.93. The van der Waals surface area contributed by atoms with Gasteiger partial charge in [-0.25, -0.2) is 22.8 Å². The summed E-state index contributed by atoms with van der Waals surface area (Å²) in [5.41, 5.74) is 1.39. The third-order valence-corrected chi connectivity index (χ3v) is 10.6. The summed E-state index contributed by atoms with van der Waals surface area (Å²) in [6, 6.07) is 14.8. The average molecular weight is 631 g/mol. The van der Waals surface area contributed by atoms with E-state index in [-0.39, 0.29) is 26.1 Å². The van der Waals surface area contributed by atoms with Crippen LogP contribution in [0, 0.1) is 5.92 Å². The molecule has 0 saturated carbocycles. The normalized spacial score (nSPS) is 21.7. The number of sulfone groups is 1. The van der Waals surface area contributed by atoms with Crippen LogP contribution in [0.5, 0.6) is 0 Å². The van der Waals surface area contributed by atoms with Crippen molar-refractivity contribution in [2.24, 2.45) is 5.92 Å². The Kier molecular flexibility index (Phi) is 9.92. The predicted octanol–water partition coefficient (Wildman–Crippen LogP) is 1.88. The fourth-order valence-corrected chi connectivity index (χ4v) is 7.44. The van der Waals surface area contributed by atoms with E-state index in [0.29, 0.717) is 11.1 Å². The standard InChI is InChI=1S/C30H34N2O11S/c1-30(2)24(28(36)41-16-19-10-6-4-7-11-19)32-25(34)21(26(32)44(30,38)39)18-42-27(35)22(14-15-23(33)40-3)31-29(37)43-17-20-12-8-5-9-13-20/h4-13,21-22,24,26H,14-18H2,1-3H3,(H,31,37)/t21-,22?,24-,26+/m0/s1. The minimum atomic E-state index is -4.11. The number of hydrogen-bond acceptors (Lipinski definition) is 11. The van der Waals surface area contributed by atoms with Crippen molar-refractivity contribution in [3.63, 3.8) is 0 Å². The van der Waals surface area contributed by atoms with Crippen LogP contribution in [0.25, 0.3) is 0 Å². The number of esters is 3. The Hall–Kier alpha value is -4.46. The number of alkyl carbamates (subject to hydrolysis) is 1. The Bertz CT molecular complexity index is 1500. The molecule has 2 amide bonds. The Labute approximate surface area is 254 Å². The number of carbonyl (C=O) groups is 5. The topological polar surface area (TPSA) is 172 Å². The zero-order valence-electron chi connectivity index (χ0n) is 24.5. The molecule has 0 aromatic heterocycles. The first kappa shape index (κ1) is 32.5. The van der Waals surface area contributed by atoms with Crippen LogP contribution in [0.2, 0.25) is 0 Å². The SMILES string of the molecule is COC(=O)CCC(NC(=O)OCc1ccccc1)C(=O)OC[C@H]1C(=O)N2[C@@H](C(=O)OCc3ccccc3)C(C)(C)S(=O)(=O)[C@H]12. The maximum absolute atomic E-state index is 13.5. The zero-order valence-corrected chi connectivity index (χ0v) is 25.3. The highest BCUT2D eigenvalue weighted by Gasteiger charge is 2.72. The van der Waals surface area contributed by atoms with Crippen molar-refractivity contribution in [3.05, 3.63) is 71.8 Å². The van der Waals surface area contributed by atoms with Gasteiger partial charge in [0.2, 0.25) is 5.91 Å². The number of benzene rings is 2. The van der Waals surface area contributed by atoms with E-state index < -0.39 is 74.5 Å². The summed E-state index contributed by atoms with van der Waals surface area (Å²) in [6.07, 6.45) is -1.41. The second-order valence-electron chi connectivity index (χ2n) is 10.9. The summed E-state index contributed by atoms with van der Waals surface area (Å²) in [7, 11) is -2.94. The van der Waals surface area contributed by atoms with E-state index >= 15 is 0 Å². The van der Waals surface area contributed by atoms with Gasteiger partial charge in [-0.3, -0.25) is 9.59 Å². The van der Waals surface area contributed by atoms with E-state index in [1.807, 2.05) is 0 Å². The lowest BCUT2D eigenvalue weighted by Gasteiger charge is -2.42. The van der Waals surface area contributed by atoms with Crippen LogP contribution >= 0.6 is 0 Å². The highest BCUT2D eigenvalue weighted by Crippen LogP contribution is 2.49. The number of β-lactam (4-membered cyclic amide) rings is 1. The maximum atomic E-state index is 13.5. The molecule has 2 aromatic carbocycles. The third kappa shape index (κ3) is 6.69. The third-order valence-electron chi connectivity index (χ3n) is 7.68. The van der Waals surface area contributed by atoms with Gasteiger partial charge in [0.15, 0.2) is 15.2 Å². The van der Waals surface area contributed by atoms with Crippen LogP contribution in [0.15, 0.2) is 60.7 Å². The van der Waals surface area contributed by atoms with Crippen LogP contribution in [0.1, 0.15) is 37.8 Å². The van der Waals surface area contributed by atoms with Gasteiger partial charge in [-0.2, -0.15) is 0 Å². The number of fused-ring (bicyclic) bond motifs is 1. The number of carbonyl (C=O) groups excluding carboxylic acids is 5. The molecule has 2 aliphatic rings. The van der Waals surface area contributed by atoms with Crippen molar-refractivity contribution in [3.8, 4) is 0 Å². The minimum Gasteiger partial charge on any atom is -0.469 e. The average Bonchev–Trinajstić information content (AvgIpc) is 3.16. The van der Waals surface area contributed by atoms with Gasteiger partial charge in [0, 0.05) is 6.42 Å². The molecule has 2 heterocycles. The van der Waals surface area contributed by atoms with E-state index in [1.165, 1.54) is 21.0 Å². The molecule has 0 aliphatic carbocycles. The van der Waals surface area contributed by atoms with Crippen molar-refractivity contribution < 1.29 is 51.3 Å². The minimum absolute atomic E-state index is 0.0812. The molecule has 0 bridgehead atoms. The van der Waals surface area contributed by atoms with Crippen LogP contribution in [0.4, 0.5) is 4.79 Å². The molecule has 236 valence electrons. The molecule has 0 radical (unpaired) electrons. The van der Waals surface area contributed by atoms with Gasteiger partial charge in [0.05, 0.1) is 11.9 Å². The van der Waals surface area contributed by atoms with E-state index in [2.05, 4.69) is 10.1 Å². The first-order valence-corrected chi connectivity index (χ1v) is 15.4. The summed E-state index contributed by atoms with van der Waals surface area (Å²) in [4.78, 5) is 64.3. The summed E-state index contributed by atoms with van der Waals surface area (Å²) in [6.45, 7) is 1.88. The second kappa shape index (κ2) is 13.5. The quantitative estimate of drug-likeness (QED) is 0.206. The van der Waals surface area contributed by atoms with Crippen LogP contribution in [0.3, 0.4) is 0 Å². The van der Waals surface area contributed by atoms with E-state index in [4.69, 9.17) is 14.2 Å². The monoisotopic (exact) mass is 630 g/mol. The largest absolute Gasteiger partial charge is 0.469 e. The second-order valence-corrected chi connectivity index (χ2v) is 13.5. The molecule has 13 nitrogen and oxygen atoms in total. The van der Waals surface area contributed by atoms with Crippen molar-refractivity contribution >= 4 is 39.7 Å². The molecule has 2 aromatic rings. The molecule has 4 atom stereocenters. The number of ether oxygens (including phenoxy) is 4. The Morgan fingerprint density at radius 2 is 1.48 bits per heavy atom. The molecule has 2 saturated heterocycles. The summed E-state index contributed by atoms with van der Waals surface area (Å²) in [5, 5.41) is 0.932. The zero-order chi connectivity index (χ0) is 32.1. The van der Waals surface area contributed by atoms with Gasteiger partial charge in [-0.1, -0.05) is 60.7 Å². The number of nitrogens with zero attached hydrogens (tertiary/aromatic N) is 1. The fourth-order valence-electron chi connectivity index (χ4n) is 5.14. The molecular formula is C30H34N2O11S. The fraction of sp³-hybridized carbons (Fsp3) is 0.433. The van der Waals surface area contributed by atoms with Gasteiger partial charge in [-0.15, -0.1) is 0 Å². The number of amides is 2. The van der Waals surface area contributed by atoms with Crippen molar-refractivity contribution in [1.29, 1.82) is 0 Å². The molecular weight excluding hydrogens is 596 g/mol. The first-order valence-electron chi connectivity index (χ1n) is 13.8. The number of hydrogen-bond donors (Lipinski definition) is 1. The van der Waals surface area contributed by atoms with Gasteiger partial charge in [-0.05, 0) is 31.4 Å². The van der Waals surface area contributed by atoms with Crippen molar-refractivity contribution in [2.75, 3.05) is 13.7 Å². The number of nitrogens with one attached hydrogen (secondary N) is 1. The number of rotatable bonds is 12. The maximum Gasteiger partial charge on any atom is 0.408 e. The Morgan fingerprint density at radius 1 is 0.909 bits per heavy atom. The Balaban J connectivity index is 1.40. The van der Waals surface area contributed by atoms with Gasteiger partial charge in [0.1, 0.15) is 37.8 Å². The summed E-state index contributed by atoms with van der Waals surface area (Å²) < 4.78 is 45.7. The van der Waals surface area contributed by atoms with E-state index in [1.54, 1.807) is 60.7 Å². The molecule has 2 fully saturated rings. The summed E-state index contributed by atoms with van der Waals surface area (Å²) >= 11 is 0. The first-order chi connectivity index (χ1) is 20.9. The lowest BCUT2D eigenvalue weighted by atomic mass is 9.92. The van der Waals surface area contributed by atoms with Gasteiger partial charge < -0.3 is 29.2 Å². The van der Waals surface area contributed by atoms with Crippen molar-refractivity contribution in [2.45, 2.75) is 62.1 Å². The lowest BCUT2D eigenvalue weighted by molar-refractivity contribution is -0.172. The molecule has 44 heavy (non-hydrogen) atoms. The molecule has 1 unspecified atom stereocenters. The van der Waals surface area contributed by atoms with Crippen molar-refractivity contribution in [1.82, 2.24) is 10.2 Å². The molecule has 14 heteroatoms. The van der Waals surface area contributed by atoms with Crippen LogP contribution in [-0.2, 0) is 61.2 Å². The molecule has 1 N–H and O–H groups in total. The van der Waals surface area contributed by atoms with Gasteiger partial charge >= 0.3 is 24.0 Å². The lowest BCUT2D eigenvalue weighted by Crippen LogP contribution is -2.65. The van der Waals surface area contributed by atoms with Crippen LogP contribution < -0.4 is 5.32 Å². The van der Waals surface area contributed by atoms with Gasteiger partial charge in [0.25, 0.3) is 0 Å². The molecule has 2 aliphatic heterocycles. The smallest absolute Gasteiger partial charge is 0.408 e. The predicted molar refractivity (Wildman–Crippen MR) is 153 cm³/mol. The molecule has 4 rings (SSSR count). The van der Waals surface area contributed by atoms with E-state index in [9.17, 15) is 32.4 Å². The molecule has 0 spiro atoms. The Morgan fingerprint density at radius 3 is 2.05 bits per heavy atom. The van der Waals surface area contributed by atoms with E-state index in [0.717, 1.165) is 4.90 Å².